The molecule has 0 atom stereocenters. The van der Waals surface area contributed by atoms with E-state index in [1.54, 1.807) is 13.2 Å². The van der Waals surface area contributed by atoms with Crippen LogP contribution in [0.25, 0.3) is 11.0 Å². The second-order valence-electron chi connectivity index (χ2n) is 4.01. The van der Waals surface area contributed by atoms with Crippen molar-refractivity contribution in [3.63, 3.8) is 0 Å². The largest absolute Gasteiger partial charge is 0.377 e. The number of hydrogen-bond acceptors (Lipinski definition) is 3. The van der Waals surface area contributed by atoms with Crippen LogP contribution in [0, 0.1) is 0 Å². The second-order valence-corrected chi connectivity index (χ2v) is 4.82. The number of fused-ring (bicyclic) bond motifs is 1. The molecule has 98 valence electrons. The number of nitrogens with two attached hydrogens (primary N) is 1. The van der Waals surface area contributed by atoms with Gasteiger partial charge in [0.25, 0.3) is 0 Å². The molecular formula is C12H15Cl2N3O. The number of rotatable bonds is 5. The first-order valence-electron chi connectivity index (χ1n) is 5.70. The molecule has 0 aliphatic carbocycles. The van der Waals surface area contributed by atoms with E-state index in [0.717, 1.165) is 29.8 Å². The van der Waals surface area contributed by atoms with E-state index < -0.39 is 0 Å². The minimum absolute atomic E-state index is 0.453. The third-order valence-corrected chi connectivity index (χ3v) is 3.45. The monoisotopic (exact) mass is 287 g/mol. The van der Waals surface area contributed by atoms with Gasteiger partial charge in [-0.05, 0) is 25.1 Å². The molecule has 0 unspecified atom stereocenters. The zero-order valence-electron chi connectivity index (χ0n) is 10.1. The van der Waals surface area contributed by atoms with Gasteiger partial charge in [0.05, 0.1) is 21.1 Å². The average molecular weight is 288 g/mol. The molecule has 1 aromatic heterocycles. The summed E-state index contributed by atoms with van der Waals surface area (Å²) < 4.78 is 7.24. The maximum absolute atomic E-state index is 6.05. The van der Waals surface area contributed by atoms with Gasteiger partial charge in [-0.3, -0.25) is 0 Å². The van der Waals surface area contributed by atoms with Crippen LogP contribution in [-0.2, 0) is 17.9 Å². The van der Waals surface area contributed by atoms with Gasteiger partial charge >= 0.3 is 0 Å². The molecule has 0 radical (unpaired) electrons. The smallest absolute Gasteiger partial charge is 0.135 e. The van der Waals surface area contributed by atoms with E-state index in [1.165, 1.54) is 0 Å². The lowest BCUT2D eigenvalue weighted by atomic mass is 10.3. The Morgan fingerprint density at radius 2 is 2.06 bits per heavy atom. The van der Waals surface area contributed by atoms with E-state index in [1.807, 2.05) is 6.07 Å². The molecule has 0 saturated heterocycles. The SMILES string of the molecule is COCc1nc2cc(Cl)c(Cl)cc2n1CCCN. The maximum atomic E-state index is 6.05. The van der Waals surface area contributed by atoms with Crippen LogP contribution in [-0.4, -0.2) is 23.2 Å². The predicted octanol–water partition coefficient (Wildman–Crippen LogP) is 2.84. The van der Waals surface area contributed by atoms with Gasteiger partial charge in [0.1, 0.15) is 12.4 Å². The molecule has 6 heteroatoms. The topological polar surface area (TPSA) is 53.1 Å². The van der Waals surface area contributed by atoms with Crippen molar-refractivity contribution in [1.29, 1.82) is 0 Å². The van der Waals surface area contributed by atoms with Crippen LogP contribution in [0.1, 0.15) is 12.2 Å². The van der Waals surface area contributed by atoms with Crippen molar-refractivity contribution < 1.29 is 4.74 Å². The van der Waals surface area contributed by atoms with Gasteiger partial charge in [0.15, 0.2) is 0 Å². The Morgan fingerprint density at radius 1 is 1.33 bits per heavy atom. The highest BCUT2D eigenvalue weighted by Gasteiger charge is 2.12. The zero-order valence-corrected chi connectivity index (χ0v) is 11.6. The number of halogens is 2. The van der Waals surface area contributed by atoms with Gasteiger partial charge in [-0.2, -0.15) is 0 Å². The fraction of sp³-hybridized carbons (Fsp3) is 0.417. The lowest BCUT2D eigenvalue weighted by molar-refractivity contribution is 0.174. The minimum atomic E-state index is 0.453. The van der Waals surface area contributed by atoms with E-state index in [0.29, 0.717) is 23.2 Å². The number of nitrogens with zero attached hydrogens (tertiary/aromatic N) is 2. The van der Waals surface area contributed by atoms with E-state index >= 15 is 0 Å². The Balaban J connectivity index is 2.53. The summed E-state index contributed by atoms with van der Waals surface area (Å²) in [6.07, 6.45) is 0.877. The molecule has 1 aromatic carbocycles. The highest BCUT2D eigenvalue weighted by Crippen LogP contribution is 2.28. The van der Waals surface area contributed by atoms with Crippen LogP contribution in [0.15, 0.2) is 12.1 Å². The van der Waals surface area contributed by atoms with Crippen molar-refractivity contribution in [2.75, 3.05) is 13.7 Å². The summed E-state index contributed by atoms with van der Waals surface area (Å²) >= 11 is 12.0. The molecule has 18 heavy (non-hydrogen) atoms. The van der Waals surface area contributed by atoms with Gasteiger partial charge in [0.2, 0.25) is 0 Å². The third kappa shape index (κ3) is 2.62. The highest BCUT2D eigenvalue weighted by atomic mass is 35.5. The normalized spacial score (nSPS) is 11.3. The highest BCUT2D eigenvalue weighted by molar-refractivity contribution is 6.42. The fourth-order valence-corrected chi connectivity index (χ4v) is 2.22. The molecule has 1 heterocycles. The quantitative estimate of drug-likeness (QED) is 0.920. The van der Waals surface area contributed by atoms with E-state index in [4.69, 9.17) is 33.7 Å². The van der Waals surface area contributed by atoms with Crippen LogP contribution in [0.2, 0.25) is 10.0 Å². The standard InChI is InChI=1S/C12H15Cl2N3O/c1-18-7-12-16-10-5-8(13)9(14)6-11(10)17(12)4-2-3-15/h5-6H,2-4,7,15H2,1H3. The summed E-state index contributed by atoms with van der Waals surface area (Å²) in [6, 6.07) is 3.61. The molecule has 0 spiro atoms. The predicted molar refractivity (Wildman–Crippen MR) is 74.1 cm³/mol. The number of methoxy groups -OCH3 is 1. The number of imidazole rings is 1. The molecule has 2 aromatic rings. The zero-order chi connectivity index (χ0) is 13.1. The van der Waals surface area contributed by atoms with Gasteiger partial charge in [-0.25, -0.2) is 4.98 Å². The molecule has 2 N–H and O–H groups in total. The average Bonchev–Trinajstić information content (AvgIpc) is 2.65. The van der Waals surface area contributed by atoms with Crippen molar-refractivity contribution in [3.8, 4) is 0 Å². The Kier molecular flexibility index (Phi) is 4.45. The van der Waals surface area contributed by atoms with Crippen LogP contribution in [0.5, 0.6) is 0 Å². The molecule has 0 bridgehead atoms. The number of benzene rings is 1. The van der Waals surface area contributed by atoms with Crippen LogP contribution < -0.4 is 5.73 Å². The van der Waals surface area contributed by atoms with Crippen LogP contribution >= 0.6 is 23.2 Å². The summed E-state index contributed by atoms with van der Waals surface area (Å²) in [5.41, 5.74) is 7.35. The molecule has 0 aliphatic heterocycles. The molecule has 0 amide bonds. The molecule has 0 fully saturated rings. The van der Waals surface area contributed by atoms with E-state index in [-0.39, 0.29) is 0 Å². The van der Waals surface area contributed by atoms with Gasteiger partial charge in [-0.15, -0.1) is 0 Å². The van der Waals surface area contributed by atoms with Crippen molar-refractivity contribution in [2.45, 2.75) is 19.6 Å². The molecule has 0 saturated carbocycles. The number of aromatic nitrogens is 2. The third-order valence-electron chi connectivity index (χ3n) is 2.73. The first-order valence-corrected chi connectivity index (χ1v) is 6.46. The summed E-state index contributed by atoms with van der Waals surface area (Å²) in [5.74, 6) is 0.860. The van der Waals surface area contributed by atoms with Crippen molar-refractivity contribution in [2.24, 2.45) is 5.73 Å². The first-order chi connectivity index (χ1) is 8.67. The van der Waals surface area contributed by atoms with Gasteiger partial charge in [0, 0.05) is 13.7 Å². The van der Waals surface area contributed by atoms with Crippen molar-refractivity contribution in [1.82, 2.24) is 9.55 Å². The number of ether oxygens (including phenoxy) is 1. The van der Waals surface area contributed by atoms with Crippen LogP contribution in [0.4, 0.5) is 0 Å². The van der Waals surface area contributed by atoms with E-state index in [9.17, 15) is 0 Å². The van der Waals surface area contributed by atoms with Gasteiger partial charge < -0.3 is 15.0 Å². The Labute approximate surface area is 116 Å². The Hall–Kier alpha value is -0.810. The lowest BCUT2D eigenvalue weighted by Gasteiger charge is -2.08. The maximum Gasteiger partial charge on any atom is 0.135 e. The fourth-order valence-electron chi connectivity index (χ4n) is 1.91. The lowest BCUT2D eigenvalue weighted by Crippen LogP contribution is -2.09. The summed E-state index contributed by atoms with van der Waals surface area (Å²) in [5, 5.41) is 1.04. The molecule has 4 nitrogen and oxygen atoms in total. The first kappa shape index (κ1) is 13.6. The molecular weight excluding hydrogens is 273 g/mol. The second kappa shape index (κ2) is 5.89. The Morgan fingerprint density at radius 3 is 2.72 bits per heavy atom. The van der Waals surface area contributed by atoms with Crippen molar-refractivity contribution >= 4 is 34.2 Å². The number of hydrogen-bond donors (Lipinski definition) is 1. The Bertz CT molecular complexity index is 554. The number of aryl methyl sites for hydroxylation is 1. The summed E-state index contributed by atoms with van der Waals surface area (Å²) in [7, 11) is 1.65. The van der Waals surface area contributed by atoms with E-state index in [2.05, 4.69) is 9.55 Å². The summed E-state index contributed by atoms with van der Waals surface area (Å²) in [6.45, 7) is 1.88. The van der Waals surface area contributed by atoms with Crippen molar-refractivity contribution in [3.05, 3.63) is 28.0 Å². The minimum Gasteiger partial charge on any atom is -0.377 e. The summed E-state index contributed by atoms with van der Waals surface area (Å²) in [4.78, 5) is 4.51. The molecule has 0 aliphatic rings. The van der Waals surface area contributed by atoms with Gasteiger partial charge in [-0.1, -0.05) is 23.2 Å². The molecule has 2 rings (SSSR count). The van der Waals surface area contributed by atoms with Crippen LogP contribution in [0.3, 0.4) is 0 Å².